The lowest BCUT2D eigenvalue weighted by molar-refractivity contribution is 0.231. The molecule has 4 heteroatoms. The van der Waals surface area contributed by atoms with Gasteiger partial charge in [-0.3, -0.25) is 0 Å². The Morgan fingerprint density at radius 1 is 1.11 bits per heavy atom. The average Bonchev–Trinajstić information content (AvgIpc) is 2.41. The minimum atomic E-state index is 0. The van der Waals surface area contributed by atoms with Crippen LogP contribution in [0.3, 0.4) is 0 Å². The van der Waals surface area contributed by atoms with Crippen molar-refractivity contribution in [3.05, 3.63) is 33.8 Å². The van der Waals surface area contributed by atoms with Crippen molar-refractivity contribution in [2.75, 3.05) is 7.05 Å². The van der Waals surface area contributed by atoms with Crippen LogP contribution >= 0.6 is 35.6 Å². The van der Waals surface area contributed by atoms with Crippen LogP contribution in [-0.4, -0.2) is 13.1 Å². The Labute approximate surface area is 132 Å². The summed E-state index contributed by atoms with van der Waals surface area (Å²) in [5, 5.41) is 4.74. The van der Waals surface area contributed by atoms with Crippen molar-refractivity contribution >= 4 is 35.6 Å². The number of benzene rings is 1. The third-order valence-electron chi connectivity index (χ3n) is 4.50. The van der Waals surface area contributed by atoms with Gasteiger partial charge >= 0.3 is 0 Å². The fourth-order valence-corrected chi connectivity index (χ4v) is 3.53. The van der Waals surface area contributed by atoms with Crippen molar-refractivity contribution in [2.24, 2.45) is 0 Å². The van der Waals surface area contributed by atoms with Crippen LogP contribution in [0.4, 0.5) is 0 Å². The van der Waals surface area contributed by atoms with Crippen LogP contribution in [0.25, 0.3) is 0 Å². The Balaban J connectivity index is 0.00000180. The van der Waals surface area contributed by atoms with Gasteiger partial charge < -0.3 is 5.32 Å². The van der Waals surface area contributed by atoms with E-state index >= 15 is 0 Å². The van der Waals surface area contributed by atoms with E-state index in [-0.39, 0.29) is 17.8 Å². The van der Waals surface area contributed by atoms with Crippen molar-refractivity contribution in [2.45, 2.75) is 50.5 Å². The van der Waals surface area contributed by atoms with Crippen LogP contribution in [0, 0.1) is 0 Å². The summed E-state index contributed by atoms with van der Waals surface area (Å²) in [7, 11) is 2.04. The third kappa shape index (κ3) is 3.39. The lowest BCUT2D eigenvalue weighted by atomic mass is 9.65. The van der Waals surface area contributed by atoms with Gasteiger partial charge in [-0.15, -0.1) is 12.4 Å². The maximum atomic E-state index is 6.19. The first-order valence-electron chi connectivity index (χ1n) is 6.73. The van der Waals surface area contributed by atoms with Gasteiger partial charge in [0.05, 0.1) is 10.0 Å². The lowest BCUT2D eigenvalue weighted by Crippen LogP contribution is -2.46. The first-order valence-corrected chi connectivity index (χ1v) is 7.48. The molecule has 1 aliphatic rings. The van der Waals surface area contributed by atoms with Gasteiger partial charge in [0.1, 0.15) is 0 Å². The highest BCUT2D eigenvalue weighted by Gasteiger charge is 2.38. The number of hydrogen-bond acceptors (Lipinski definition) is 1. The average molecular weight is 323 g/mol. The van der Waals surface area contributed by atoms with Gasteiger partial charge in [-0.2, -0.15) is 0 Å². The molecule has 0 spiro atoms. The van der Waals surface area contributed by atoms with E-state index in [1.807, 2.05) is 13.1 Å². The third-order valence-corrected chi connectivity index (χ3v) is 5.24. The predicted octanol–water partition coefficient (Wildman–Crippen LogP) is 5.23. The first kappa shape index (κ1) is 17.1. The van der Waals surface area contributed by atoms with Crippen LogP contribution in [-0.2, 0) is 5.41 Å². The Bertz CT molecular complexity index is 414. The Morgan fingerprint density at radius 2 is 1.74 bits per heavy atom. The number of nitrogens with one attached hydrogen (secondary N) is 1. The van der Waals surface area contributed by atoms with Gasteiger partial charge in [-0.05, 0) is 44.5 Å². The molecule has 1 aliphatic carbocycles. The lowest BCUT2D eigenvalue weighted by Gasteiger charge is -2.43. The van der Waals surface area contributed by atoms with E-state index in [0.717, 1.165) is 0 Å². The summed E-state index contributed by atoms with van der Waals surface area (Å²) in [4.78, 5) is 0. The molecule has 0 amide bonds. The summed E-state index contributed by atoms with van der Waals surface area (Å²) in [5.41, 5.74) is 1.54. The monoisotopic (exact) mass is 321 g/mol. The molecule has 0 heterocycles. The highest BCUT2D eigenvalue weighted by Crippen LogP contribution is 2.43. The van der Waals surface area contributed by atoms with Crippen molar-refractivity contribution in [1.29, 1.82) is 0 Å². The molecule has 1 fully saturated rings. The number of rotatable bonds is 3. The molecule has 1 aromatic carbocycles. The molecule has 1 atom stereocenters. The van der Waals surface area contributed by atoms with E-state index in [1.165, 1.54) is 37.7 Å². The normalized spacial score (nSPS) is 19.6. The van der Waals surface area contributed by atoms with Gasteiger partial charge in [-0.25, -0.2) is 0 Å². The first-order chi connectivity index (χ1) is 8.60. The highest BCUT2D eigenvalue weighted by atomic mass is 35.5. The van der Waals surface area contributed by atoms with E-state index in [9.17, 15) is 0 Å². The summed E-state index contributed by atoms with van der Waals surface area (Å²) >= 11 is 12.2. The molecule has 0 bridgehead atoms. The zero-order chi connectivity index (χ0) is 13.2. The second kappa shape index (κ2) is 7.17. The molecule has 1 nitrogen and oxygen atoms in total. The summed E-state index contributed by atoms with van der Waals surface area (Å²) in [6.07, 6.45) is 6.40. The molecular weight excluding hydrogens is 301 g/mol. The molecule has 2 rings (SSSR count). The standard InChI is InChI=1S/C15H21Cl2N.ClH/c1-11(18-2)15(8-4-3-5-9-15)12-6-7-13(16)14(17)10-12;/h6-7,10-11,18H,3-5,8-9H2,1-2H3;1H/t11-;/m0./s1. The van der Waals surface area contributed by atoms with Crippen molar-refractivity contribution in [3.63, 3.8) is 0 Å². The van der Waals surface area contributed by atoms with Crippen LogP contribution < -0.4 is 5.32 Å². The molecule has 19 heavy (non-hydrogen) atoms. The molecule has 108 valence electrons. The van der Waals surface area contributed by atoms with Crippen molar-refractivity contribution in [3.8, 4) is 0 Å². The van der Waals surface area contributed by atoms with E-state index in [0.29, 0.717) is 16.1 Å². The zero-order valence-corrected chi connectivity index (χ0v) is 13.8. The molecule has 0 aromatic heterocycles. The molecule has 0 radical (unpaired) electrons. The van der Waals surface area contributed by atoms with E-state index in [4.69, 9.17) is 23.2 Å². The topological polar surface area (TPSA) is 12.0 Å². The molecule has 1 aromatic rings. The summed E-state index contributed by atoms with van der Waals surface area (Å²) < 4.78 is 0. The minimum Gasteiger partial charge on any atom is -0.316 e. The molecule has 1 N–H and O–H groups in total. The van der Waals surface area contributed by atoms with Crippen LogP contribution in [0.15, 0.2) is 18.2 Å². The van der Waals surface area contributed by atoms with E-state index < -0.39 is 0 Å². The van der Waals surface area contributed by atoms with Crippen LogP contribution in [0.1, 0.15) is 44.6 Å². The van der Waals surface area contributed by atoms with Crippen molar-refractivity contribution < 1.29 is 0 Å². The van der Waals surface area contributed by atoms with Gasteiger partial charge in [0.2, 0.25) is 0 Å². The van der Waals surface area contributed by atoms with Crippen molar-refractivity contribution in [1.82, 2.24) is 5.32 Å². The van der Waals surface area contributed by atoms with Gasteiger partial charge in [0.15, 0.2) is 0 Å². The maximum Gasteiger partial charge on any atom is 0.0595 e. The zero-order valence-electron chi connectivity index (χ0n) is 11.5. The molecule has 1 saturated carbocycles. The summed E-state index contributed by atoms with van der Waals surface area (Å²) in [5.74, 6) is 0. The largest absolute Gasteiger partial charge is 0.316 e. The molecule has 0 aliphatic heterocycles. The van der Waals surface area contributed by atoms with Crippen LogP contribution in [0.2, 0.25) is 10.0 Å². The number of hydrogen-bond donors (Lipinski definition) is 1. The summed E-state index contributed by atoms with van der Waals surface area (Å²) in [6, 6.07) is 6.59. The summed E-state index contributed by atoms with van der Waals surface area (Å²) in [6.45, 7) is 2.27. The second-order valence-electron chi connectivity index (χ2n) is 5.36. The fourth-order valence-electron chi connectivity index (χ4n) is 3.24. The molecular formula is C15H22Cl3N. The smallest absolute Gasteiger partial charge is 0.0595 e. The Kier molecular flexibility index (Phi) is 6.46. The molecule has 0 unspecified atom stereocenters. The minimum absolute atomic E-state index is 0. The number of halogens is 3. The van der Waals surface area contributed by atoms with E-state index in [1.54, 1.807) is 0 Å². The van der Waals surface area contributed by atoms with E-state index in [2.05, 4.69) is 24.4 Å². The van der Waals surface area contributed by atoms with Gasteiger partial charge in [0.25, 0.3) is 0 Å². The van der Waals surface area contributed by atoms with Gasteiger partial charge in [0, 0.05) is 11.5 Å². The predicted molar refractivity (Wildman–Crippen MR) is 87.0 cm³/mol. The fraction of sp³-hybridized carbons (Fsp3) is 0.600. The SMILES string of the molecule is CN[C@@H](C)C1(c2ccc(Cl)c(Cl)c2)CCCCC1.Cl. The Morgan fingerprint density at radius 3 is 2.26 bits per heavy atom. The second-order valence-corrected chi connectivity index (χ2v) is 6.17. The molecule has 0 saturated heterocycles. The maximum absolute atomic E-state index is 6.19. The van der Waals surface area contributed by atoms with Gasteiger partial charge in [-0.1, -0.05) is 48.5 Å². The Hall–Kier alpha value is 0.0500. The number of likely N-dealkylation sites (N-methyl/N-ethyl adjacent to an activating group) is 1. The highest BCUT2D eigenvalue weighted by molar-refractivity contribution is 6.42. The quantitative estimate of drug-likeness (QED) is 0.804. The van der Waals surface area contributed by atoms with Crippen LogP contribution in [0.5, 0.6) is 0 Å².